The maximum Gasteiger partial charge on any atom is 0.220 e. The summed E-state index contributed by atoms with van der Waals surface area (Å²) in [5, 5.41) is 2.97. The van der Waals surface area contributed by atoms with Crippen LogP contribution in [0.25, 0.3) is 11.1 Å². The number of hydrogen-bond acceptors (Lipinski definition) is 2. The minimum absolute atomic E-state index is 0.0599. The number of aryl methyl sites for hydroxylation is 1. The van der Waals surface area contributed by atoms with Crippen LogP contribution in [0.5, 0.6) is 0 Å². The number of amides is 1. The summed E-state index contributed by atoms with van der Waals surface area (Å²) < 4.78 is 6.14. The molecule has 24 heavy (non-hydrogen) atoms. The first-order valence-electron chi connectivity index (χ1n) is 7.84. The topological polar surface area (TPSA) is 42.2 Å². The number of furan rings is 1. The van der Waals surface area contributed by atoms with E-state index in [4.69, 9.17) is 4.42 Å². The Morgan fingerprint density at radius 1 is 1.00 bits per heavy atom. The predicted molar refractivity (Wildman–Crippen MR) is 98.5 cm³/mol. The van der Waals surface area contributed by atoms with E-state index in [-0.39, 0.29) is 5.91 Å². The molecule has 0 unspecified atom stereocenters. The smallest absolute Gasteiger partial charge is 0.220 e. The first kappa shape index (κ1) is 16.5. The number of carbonyl (C=O) groups excluding carboxylic acids is 1. The second-order valence-electron chi connectivity index (χ2n) is 5.58. The molecule has 1 aromatic heterocycles. The molecule has 0 aliphatic carbocycles. The molecular formula is C20H18BrNO2. The second kappa shape index (κ2) is 7.97. The monoisotopic (exact) mass is 383 g/mol. The molecule has 0 spiro atoms. The molecule has 1 amide bonds. The van der Waals surface area contributed by atoms with E-state index < -0.39 is 0 Å². The molecular weight excluding hydrogens is 366 g/mol. The minimum Gasteiger partial charge on any atom is -0.472 e. The lowest BCUT2D eigenvalue weighted by Gasteiger charge is -2.07. The molecule has 1 N–H and O–H groups in total. The SMILES string of the molecule is O=C(CCc1ccccc1Br)NCc1ccc(-c2ccoc2)cc1. The van der Waals surface area contributed by atoms with Crippen molar-refractivity contribution in [2.24, 2.45) is 0 Å². The predicted octanol–water partition coefficient (Wildman–Crippen LogP) is 4.96. The molecule has 0 atom stereocenters. The number of halogens is 1. The van der Waals surface area contributed by atoms with Crippen molar-refractivity contribution >= 4 is 21.8 Å². The molecule has 3 nitrogen and oxygen atoms in total. The highest BCUT2D eigenvalue weighted by Crippen LogP contribution is 2.20. The number of hydrogen-bond donors (Lipinski definition) is 1. The molecule has 1 heterocycles. The van der Waals surface area contributed by atoms with E-state index in [1.54, 1.807) is 12.5 Å². The summed E-state index contributed by atoms with van der Waals surface area (Å²) in [5.74, 6) is 0.0599. The molecule has 122 valence electrons. The summed E-state index contributed by atoms with van der Waals surface area (Å²) >= 11 is 3.51. The van der Waals surface area contributed by atoms with Crippen LogP contribution in [0.4, 0.5) is 0 Å². The van der Waals surface area contributed by atoms with Crippen molar-refractivity contribution in [3.05, 3.63) is 82.7 Å². The Kier molecular flexibility index (Phi) is 5.49. The van der Waals surface area contributed by atoms with Gasteiger partial charge in [-0.3, -0.25) is 4.79 Å². The first-order chi connectivity index (χ1) is 11.7. The van der Waals surface area contributed by atoms with Gasteiger partial charge in [-0.05, 0) is 35.2 Å². The Morgan fingerprint density at radius 3 is 2.50 bits per heavy atom. The van der Waals surface area contributed by atoms with Gasteiger partial charge in [0.15, 0.2) is 0 Å². The van der Waals surface area contributed by atoms with E-state index in [9.17, 15) is 4.79 Å². The fraction of sp³-hybridized carbons (Fsp3) is 0.150. The van der Waals surface area contributed by atoms with Crippen LogP contribution in [-0.2, 0) is 17.8 Å². The maximum atomic E-state index is 12.0. The summed E-state index contributed by atoms with van der Waals surface area (Å²) in [6.45, 7) is 0.542. The van der Waals surface area contributed by atoms with Gasteiger partial charge in [0, 0.05) is 23.0 Å². The molecule has 0 aliphatic rings. The number of nitrogens with one attached hydrogen (secondary N) is 1. The van der Waals surface area contributed by atoms with Gasteiger partial charge >= 0.3 is 0 Å². The van der Waals surface area contributed by atoms with Crippen molar-refractivity contribution in [2.75, 3.05) is 0 Å². The Morgan fingerprint density at radius 2 is 1.79 bits per heavy atom. The molecule has 4 heteroatoms. The zero-order valence-corrected chi connectivity index (χ0v) is 14.8. The van der Waals surface area contributed by atoms with E-state index in [2.05, 4.69) is 21.2 Å². The Balaban J connectivity index is 1.48. The quantitative estimate of drug-likeness (QED) is 0.653. The molecule has 0 saturated heterocycles. The van der Waals surface area contributed by atoms with Gasteiger partial charge in [-0.1, -0.05) is 58.4 Å². The van der Waals surface area contributed by atoms with E-state index in [0.29, 0.717) is 13.0 Å². The third-order valence-electron chi connectivity index (χ3n) is 3.88. The molecule has 0 bridgehead atoms. The fourth-order valence-electron chi connectivity index (χ4n) is 2.48. The third kappa shape index (κ3) is 4.36. The normalized spacial score (nSPS) is 10.5. The molecule has 0 saturated carbocycles. The van der Waals surface area contributed by atoms with Gasteiger partial charge in [0.1, 0.15) is 0 Å². The van der Waals surface area contributed by atoms with Crippen molar-refractivity contribution in [1.29, 1.82) is 0 Å². The minimum atomic E-state index is 0.0599. The number of benzene rings is 2. The Labute approximate surface area is 149 Å². The fourth-order valence-corrected chi connectivity index (χ4v) is 2.97. The van der Waals surface area contributed by atoms with Gasteiger partial charge in [-0.2, -0.15) is 0 Å². The summed E-state index contributed by atoms with van der Waals surface area (Å²) in [7, 11) is 0. The zero-order valence-electron chi connectivity index (χ0n) is 13.2. The average molecular weight is 384 g/mol. The van der Waals surface area contributed by atoms with Gasteiger partial charge in [0.05, 0.1) is 12.5 Å². The summed E-state index contributed by atoms with van der Waals surface area (Å²) in [5.41, 5.74) is 4.39. The van der Waals surface area contributed by atoms with Crippen LogP contribution in [-0.4, -0.2) is 5.91 Å². The highest BCUT2D eigenvalue weighted by Gasteiger charge is 2.05. The Hall–Kier alpha value is -2.33. The standard InChI is InChI=1S/C20H18BrNO2/c21-19-4-2-1-3-17(19)9-10-20(23)22-13-15-5-7-16(8-6-15)18-11-12-24-14-18/h1-8,11-12,14H,9-10,13H2,(H,22,23). The molecule has 2 aromatic carbocycles. The van der Waals surface area contributed by atoms with Crippen LogP contribution >= 0.6 is 15.9 Å². The highest BCUT2D eigenvalue weighted by molar-refractivity contribution is 9.10. The average Bonchev–Trinajstić information content (AvgIpc) is 3.14. The highest BCUT2D eigenvalue weighted by atomic mass is 79.9. The van der Waals surface area contributed by atoms with E-state index in [1.807, 2.05) is 54.6 Å². The zero-order chi connectivity index (χ0) is 16.8. The van der Waals surface area contributed by atoms with Crippen LogP contribution in [0.2, 0.25) is 0 Å². The van der Waals surface area contributed by atoms with Gasteiger partial charge in [0.2, 0.25) is 5.91 Å². The van der Waals surface area contributed by atoms with Crippen molar-refractivity contribution in [1.82, 2.24) is 5.32 Å². The van der Waals surface area contributed by atoms with Crippen molar-refractivity contribution in [3.63, 3.8) is 0 Å². The van der Waals surface area contributed by atoms with E-state index >= 15 is 0 Å². The van der Waals surface area contributed by atoms with Gasteiger partial charge in [-0.25, -0.2) is 0 Å². The summed E-state index contributed by atoms with van der Waals surface area (Å²) in [6.07, 6.45) is 4.59. The first-order valence-corrected chi connectivity index (χ1v) is 8.63. The molecule has 3 rings (SSSR count). The van der Waals surface area contributed by atoms with Crippen LogP contribution < -0.4 is 5.32 Å². The molecule has 0 fully saturated rings. The van der Waals surface area contributed by atoms with Crippen LogP contribution in [0.1, 0.15) is 17.5 Å². The lowest BCUT2D eigenvalue weighted by Crippen LogP contribution is -2.23. The lowest BCUT2D eigenvalue weighted by atomic mass is 10.1. The van der Waals surface area contributed by atoms with Gasteiger partial charge < -0.3 is 9.73 Å². The van der Waals surface area contributed by atoms with E-state index in [0.717, 1.165) is 33.1 Å². The van der Waals surface area contributed by atoms with Crippen LogP contribution in [0.3, 0.4) is 0 Å². The molecule has 0 radical (unpaired) electrons. The number of rotatable bonds is 6. The van der Waals surface area contributed by atoms with Gasteiger partial charge in [0.25, 0.3) is 0 Å². The van der Waals surface area contributed by atoms with Crippen molar-refractivity contribution < 1.29 is 9.21 Å². The van der Waals surface area contributed by atoms with E-state index in [1.165, 1.54) is 0 Å². The lowest BCUT2D eigenvalue weighted by molar-refractivity contribution is -0.121. The molecule has 3 aromatic rings. The maximum absolute atomic E-state index is 12.0. The van der Waals surface area contributed by atoms with Crippen molar-refractivity contribution in [2.45, 2.75) is 19.4 Å². The van der Waals surface area contributed by atoms with Gasteiger partial charge in [-0.15, -0.1) is 0 Å². The second-order valence-corrected chi connectivity index (χ2v) is 6.43. The van der Waals surface area contributed by atoms with Crippen LogP contribution in [0, 0.1) is 0 Å². The summed E-state index contributed by atoms with van der Waals surface area (Å²) in [4.78, 5) is 12.0. The van der Waals surface area contributed by atoms with Crippen LogP contribution in [0.15, 0.2) is 76.0 Å². The molecule has 0 aliphatic heterocycles. The summed E-state index contributed by atoms with van der Waals surface area (Å²) in [6, 6.07) is 18.0. The van der Waals surface area contributed by atoms with Crippen molar-refractivity contribution in [3.8, 4) is 11.1 Å². The number of carbonyl (C=O) groups is 1. The Bertz CT molecular complexity index is 795. The third-order valence-corrected chi connectivity index (χ3v) is 4.65. The largest absolute Gasteiger partial charge is 0.472 e.